The number of benzene rings is 1. The van der Waals surface area contributed by atoms with Crippen molar-refractivity contribution in [2.75, 3.05) is 6.61 Å². The number of hydrogen-bond donors (Lipinski definition) is 0. The molecule has 0 saturated heterocycles. The second kappa shape index (κ2) is 8.30. The zero-order valence-electron chi connectivity index (χ0n) is 17.0. The first-order valence-corrected chi connectivity index (χ1v) is 10.7. The molecule has 1 fully saturated rings. The normalized spacial score (nSPS) is 18.5. The van der Waals surface area contributed by atoms with Crippen molar-refractivity contribution in [1.82, 2.24) is 19.5 Å². The van der Waals surface area contributed by atoms with Gasteiger partial charge in [0, 0.05) is 25.0 Å². The lowest BCUT2D eigenvalue weighted by Gasteiger charge is -2.22. The number of ether oxygens (including phenoxy) is 1. The van der Waals surface area contributed by atoms with Crippen molar-refractivity contribution in [2.45, 2.75) is 44.7 Å². The van der Waals surface area contributed by atoms with Gasteiger partial charge in [0.25, 0.3) is 5.91 Å². The molecule has 154 valence electrons. The minimum atomic E-state index is -0.00289. The number of fused-ring (bicyclic) bond motifs is 1. The smallest absolute Gasteiger partial charge is 0.259 e. The molecule has 2 aromatic heterocycles. The van der Waals surface area contributed by atoms with E-state index < -0.39 is 0 Å². The summed E-state index contributed by atoms with van der Waals surface area (Å²) in [5.41, 5.74) is 2.27. The first kappa shape index (κ1) is 18.9. The molecule has 1 amide bonds. The van der Waals surface area contributed by atoms with Crippen molar-refractivity contribution in [3.63, 3.8) is 0 Å². The monoisotopic (exact) mass is 402 g/mol. The Labute approximate surface area is 176 Å². The van der Waals surface area contributed by atoms with Crippen molar-refractivity contribution < 1.29 is 9.53 Å². The Morgan fingerprint density at radius 2 is 2.03 bits per heavy atom. The van der Waals surface area contributed by atoms with E-state index in [1.165, 1.54) is 6.42 Å². The van der Waals surface area contributed by atoms with Crippen LogP contribution in [0, 0.1) is 5.92 Å². The lowest BCUT2D eigenvalue weighted by atomic mass is 9.95. The Balaban J connectivity index is 1.26. The van der Waals surface area contributed by atoms with Gasteiger partial charge in [0.05, 0.1) is 12.8 Å². The summed E-state index contributed by atoms with van der Waals surface area (Å²) in [5.74, 6) is 1.50. The van der Waals surface area contributed by atoms with Crippen LogP contribution in [-0.2, 0) is 6.54 Å². The van der Waals surface area contributed by atoms with Gasteiger partial charge in [-0.1, -0.05) is 24.3 Å². The summed E-state index contributed by atoms with van der Waals surface area (Å²) in [4.78, 5) is 19.5. The fourth-order valence-electron chi connectivity index (χ4n) is 4.00. The highest BCUT2D eigenvalue weighted by Gasteiger charge is 2.34. The first-order valence-electron chi connectivity index (χ1n) is 10.7. The predicted molar refractivity (Wildman–Crippen MR) is 114 cm³/mol. The summed E-state index contributed by atoms with van der Waals surface area (Å²) in [6.07, 6.45) is 15.2. The van der Waals surface area contributed by atoms with Crippen LogP contribution < -0.4 is 4.74 Å². The number of nitrogens with zero attached hydrogens (tertiary/aromatic N) is 4. The molecule has 30 heavy (non-hydrogen) atoms. The third-order valence-electron chi connectivity index (χ3n) is 5.90. The second-order valence-electron chi connectivity index (χ2n) is 8.22. The number of allylic oxidation sites excluding steroid dienone is 2. The molecule has 0 N–H and O–H groups in total. The van der Waals surface area contributed by atoms with Crippen molar-refractivity contribution in [3.05, 3.63) is 72.2 Å². The quantitative estimate of drug-likeness (QED) is 0.554. The van der Waals surface area contributed by atoms with Gasteiger partial charge in [-0.2, -0.15) is 5.10 Å². The van der Waals surface area contributed by atoms with Crippen molar-refractivity contribution >= 4 is 11.6 Å². The molecule has 0 bridgehead atoms. The van der Waals surface area contributed by atoms with E-state index in [0.29, 0.717) is 29.7 Å². The van der Waals surface area contributed by atoms with Gasteiger partial charge in [-0.3, -0.25) is 4.79 Å². The molecule has 6 nitrogen and oxygen atoms in total. The molecule has 2 heterocycles. The number of carbonyl (C=O) groups is 1. The van der Waals surface area contributed by atoms with Gasteiger partial charge >= 0.3 is 0 Å². The summed E-state index contributed by atoms with van der Waals surface area (Å²) in [6, 6.07) is 10.3. The van der Waals surface area contributed by atoms with Crippen LogP contribution >= 0.6 is 0 Å². The summed E-state index contributed by atoms with van der Waals surface area (Å²) in [5, 5.41) is 4.27. The minimum absolute atomic E-state index is 0.00289. The maximum atomic E-state index is 13.3. The number of carbonyl (C=O) groups excluding carboxylic acids is 1. The molecular weight excluding hydrogens is 376 g/mol. The molecular formula is C24H26N4O2. The highest BCUT2D eigenvalue weighted by molar-refractivity contribution is 5.99. The summed E-state index contributed by atoms with van der Waals surface area (Å²) in [6.45, 7) is 1.35. The molecule has 0 aliphatic heterocycles. The lowest BCUT2D eigenvalue weighted by Crippen LogP contribution is -2.32. The van der Waals surface area contributed by atoms with Gasteiger partial charge in [0.2, 0.25) is 0 Å². The largest absolute Gasteiger partial charge is 0.493 e. The number of rotatable bonds is 7. The zero-order valence-corrected chi connectivity index (χ0v) is 17.0. The topological polar surface area (TPSA) is 59.7 Å². The molecule has 1 atom stereocenters. The highest BCUT2D eigenvalue weighted by atomic mass is 16.5. The predicted octanol–water partition coefficient (Wildman–Crippen LogP) is 4.27. The van der Waals surface area contributed by atoms with Gasteiger partial charge in [0.15, 0.2) is 5.65 Å². The van der Waals surface area contributed by atoms with Crippen LogP contribution in [-0.4, -0.2) is 38.1 Å². The molecule has 3 aromatic rings. The molecule has 1 saturated carbocycles. The Bertz CT molecular complexity index is 1050. The van der Waals surface area contributed by atoms with E-state index in [9.17, 15) is 4.79 Å². The van der Waals surface area contributed by atoms with Gasteiger partial charge in [-0.15, -0.1) is 0 Å². The fourth-order valence-corrected chi connectivity index (χ4v) is 4.00. The summed E-state index contributed by atoms with van der Waals surface area (Å²) < 4.78 is 7.63. The molecule has 0 spiro atoms. The zero-order chi connectivity index (χ0) is 20.3. The van der Waals surface area contributed by atoms with Crippen LogP contribution in [0.2, 0.25) is 0 Å². The molecule has 0 radical (unpaired) electrons. The van der Waals surface area contributed by atoms with E-state index in [0.717, 1.165) is 43.6 Å². The van der Waals surface area contributed by atoms with E-state index in [4.69, 9.17) is 4.74 Å². The Morgan fingerprint density at radius 1 is 1.17 bits per heavy atom. The van der Waals surface area contributed by atoms with Gasteiger partial charge < -0.3 is 9.64 Å². The van der Waals surface area contributed by atoms with Gasteiger partial charge in [-0.05, 0) is 61.8 Å². The number of hydrogen-bond acceptors (Lipinski definition) is 4. The maximum Gasteiger partial charge on any atom is 0.259 e. The molecule has 5 rings (SSSR count). The Kier molecular flexibility index (Phi) is 5.22. The van der Waals surface area contributed by atoms with Crippen LogP contribution in [0.4, 0.5) is 0 Å². The van der Waals surface area contributed by atoms with Crippen molar-refractivity contribution in [1.29, 1.82) is 0 Å². The Morgan fingerprint density at radius 3 is 2.80 bits per heavy atom. The van der Waals surface area contributed by atoms with Crippen LogP contribution in [0.25, 0.3) is 5.65 Å². The van der Waals surface area contributed by atoms with Gasteiger partial charge in [0.1, 0.15) is 11.3 Å². The standard InChI is InChI=1S/C24H26N4O2/c29-24(22-15-26-28-14-4-13-25-23(22)28)27(20-9-10-20)16-18-7-11-21(12-8-18)30-17-19-5-2-1-3-6-19/h1-2,4,7-8,11-15,19-20H,3,5-6,9-10,16-17H2/t19-/m0/s1. The SMILES string of the molecule is O=C(c1cnn2cccnc12)N(Cc1ccc(OC[C@H]2CC=CCC2)cc1)C1CC1. The molecule has 0 unspecified atom stereocenters. The molecule has 6 heteroatoms. The van der Waals surface area contributed by atoms with E-state index in [1.54, 1.807) is 16.9 Å². The van der Waals surface area contributed by atoms with Crippen molar-refractivity contribution in [2.24, 2.45) is 5.92 Å². The van der Waals surface area contributed by atoms with Crippen LogP contribution in [0.15, 0.2) is 61.1 Å². The average molecular weight is 402 g/mol. The number of aromatic nitrogens is 3. The Hall–Kier alpha value is -3.15. The second-order valence-corrected chi connectivity index (χ2v) is 8.22. The lowest BCUT2D eigenvalue weighted by molar-refractivity contribution is 0.0731. The summed E-state index contributed by atoms with van der Waals surface area (Å²) >= 11 is 0. The summed E-state index contributed by atoms with van der Waals surface area (Å²) in [7, 11) is 0. The fraction of sp³-hybridized carbons (Fsp3) is 0.375. The first-order chi connectivity index (χ1) is 14.8. The molecule has 1 aromatic carbocycles. The van der Waals surface area contributed by atoms with Crippen LogP contribution in [0.3, 0.4) is 0 Å². The molecule has 2 aliphatic carbocycles. The van der Waals surface area contributed by atoms with Gasteiger partial charge in [-0.25, -0.2) is 9.50 Å². The van der Waals surface area contributed by atoms with Crippen LogP contribution in [0.5, 0.6) is 5.75 Å². The van der Waals surface area contributed by atoms with E-state index in [1.807, 2.05) is 29.3 Å². The van der Waals surface area contributed by atoms with Crippen LogP contribution in [0.1, 0.15) is 48.0 Å². The van der Waals surface area contributed by atoms with E-state index in [-0.39, 0.29) is 5.91 Å². The van der Waals surface area contributed by atoms with E-state index >= 15 is 0 Å². The van der Waals surface area contributed by atoms with E-state index in [2.05, 4.69) is 34.4 Å². The third-order valence-corrected chi connectivity index (χ3v) is 5.90. The maximum absolute atomic E-state index is 13.3. The number of amides is 1. The average Bonchev–Trinajstić information content (AvgIpc) is 3.55. The molecule has 2 aliphatic rings. The highest BCUT2D eigenvalue weighted by Crippen LogP contribution is 2.31. The van der Waals surface area contributed by atoms with Crippen molar-refractivity contribution in [3.8, 4) is 5.75 Å². The minimum Gasteiger partial charge on any atom is -0.493 e. The third kappa shape index (κ3) is 4.08.